The summed E-state index contributed by atoms with van der Waals surface area (Å²) in [4.78, 5) is 26.6. The van der Waals surface area contributed by atoms with Crippen LogP contribution in [0.5, 0.6) is 0 Å². The van der Waals surface area contributed by atoms with Crippen molar-refractivity contribution in [2.24, 2.45) is 0 Å². The third-order valence-electron chi connectivity index (χ3n) is 6.81. The lowest BCUT2D eigenvalue weighted by Crippen LogP contribution is -2.37. The Morgan fingerprint density at radius 2 is 1.82 bits per heavy atom. The number of alkyl halides is 3. The number of halogens is 3. The number of hydrogen-bond donors (Lipinski definition) is 0. The quantitative estimate of drug-likeness (QED) is 0.282. The summed E-state index contributed by atoms with van der Waals surface area (Å²) >= 11 is 0. The van der Waals surface area contributed by atoms with Gasteiger partial charge in [-0.2, -0.15) is 18.4 Å². The van der Waals surface area contributed by atoms with Gasteiger partial charge in [-0.05, 0) is 55.2 Å². The first-order valence-corrected chi connectivity index (χ1v) is 11.9. The summed E-state index contributed by atoms with van der Waals surface area (Å²) in [6, 6.07) is 14.9. The maximum atomic E-state index is 13.6. The number of aryl methyl sites for hydroxylation is 1. The van der Waals surface area contributed by atoms with Gasteiger partial charge >= 0.3 is 6.18 Å². The highest BCUT2D eigenvalue weighted by Crippen LogP contribution is 2.50. The van der Waals surface area contributed by atoms with Crippen molar-refractivity contribution in [2.75, 3.05) is 4.90 Å². The number of carbonyl (C=O) groups excluding carboxylic acids is 1. The van der Waals surface area contributed by atoms with E-state index < -0.39 is 22.6 Å². The molecule has 0 saturated carbocycles. The molecule has 2 aromatic carbocycles. The number of nitro benzene ring substituents is 1. The number of anilines is 1. The van der Waals surface area contributed by atoms with Gasteiger partial charge in [0.2, 0.25) is 0 Å². The molecule has 1 aliphatic heterocycles. The Balaban J connectivity index is 1.87. The number of aromatic nitrogens is 1. The molecule has 0 spiro atoms. The Kier molecular flexibility index (Phi) is 6.15. The van der Waals surface area contributed by atoms with Crippen molar-refractivity contribution in [1.29, 1.82) is 5.26 Å². The monoisotopic (exact) mass is 518 g/mol. The van der Waals surface area contributed by atoms with Gasteiger partial charge in [-0.25, -0.2) is 0 Å². The lowest BCUT2D eigenvalue weighted by atomic mass is 9.75. The van der Waals surface area contributed by atoms with E-state index in [2.05, 4.69) is 6.07 Å². The van der Waals surface area contributed by atoms with E-state index in [0.717, 1.165) is 12.1 Å². The first-order valence-electron chi connectivity index (χ1n) is 11.9. The van der Waals surface area contributed by atoms with Crippen LogP contribution in [0.1, 0.15) is 41.9 Å². The minimum absolute atomic E-state index is 0.0180. The van der Waals surface area contributed by atoms with Crippen LogP contribution in [0, 0.1) is 28.4 Å². The van der Waals surface area contributed by atoms with Crippen molar-refractivity contribution < 1.29 is 22.9 Å². The van der Waals surface area contributed by atoms with Gasteiger partial charge in [0.05, 0.1) is 28.0 Å². The minimum Gasteiger partial charge on any atom is -0.309 e. The number of nitro groups is 1. The number of Topliss-reactive ketones (excluding diaryl/α,β-unsaturated/α-hetero) is 1. The van der Waals surface area contributed by atoms with Crippen LogP contribution >= 0.6 is 0 Å². The van der Waals surface area contributed by atoms with Crippen LogP contribution in [0.25, 0.3) is 5.82 Å². The zero-order valence-corrected chi connectivity index (χ0v) is 20.2. The summed E-state index contributed by atoms with van der Waals surface area (Å²) in [5.74, 6) is -1.13. The second kappa shape index (κ2) is 9.34. The van der Waals surface area contributed by atoms with Gasteiger partial charge in [-0.1, -0.05) is 24.3 Å². The molecule has 0 N–H and O–H groups in total. The Morgan fingerprint density at radius 1 is 1.08 bits per heavy atom. The number of benzene rings is 2. The molecule has 0 amide bonds. The van der Waals surface area contributed by atoms with Gasteiger partial charge in [0.1, 0.15) is 11.5 Å². The fraction of sp³-hybridized carbons (Fsp3) is 0.214. The van der Waals surface area contributed by atoms with Crippen LogP contribution in [0.4, 0.5) is 24.5 Å². The Labute approximate surface area is 215 Å². The predicted octanol–water partition coefficient (Wildman–Crippen LogP) is 6.73. The second-order valence-corrected chi connectivity index (χ2v) is 9.22. The van der Waals surface area contributed by atoms with E-state index in [1.165, 1.54) is 18.2 Å². The molecule has 1 unspecified atom stereocenters. The number of hydrogen-bond acceptors (Lipinski definition) is 5. The average molecular weight is 518 g/mol. The minimum atomic E-state index is -4.62. The highest BCUT2D eigenvalue weighted by atomic mass is 19.4. The van der Waals surface area contributed by atoms with E-state index in [4.69, 9.17) is 0 Å². The largest absolute Gasteiger partial charge is 0.416 e. The summed E-state index contributed by atoms with van der Waals surface area (Å²) in [5.41, 5.74) is 0.524. The molecule has 0 fully saturated rings. The zero-order chi connectivity index (χ0) is 27.2. The lowest BCUT2D eigenvalue weighted by molar-refractivity contribution is -0.384. The van der Waals surface area contributed by atoms with Crippen LogP contribution in [0.3, 0.4) is 0 Å². The molecule has 1 aliphatic carbocycles. The SMILES string of the molecule is Cc1ccc(N2C3=C(C(=O)CCC3)C(c3cccc(C(F)(F)F)c3)C(C#N)=C2n2cccc2)c([N+](=O)[O-])c1. The molecule has 0 bridgehead atoms. The van der Waals surface area contributed by atoms with E-state index in [-0.39, 0.29) is 46.1 Å². The number of carbonyl (C=O) groups is 1. The molecule has 192 valence electrons. The molecule has 0 saturated heterocycles. The number of ketones is 1. The van der Waals surface area contributed by atoms with Crippen LogP contribution in [0.2, 0.25) is 0 Å². The first kappa shape index (κ1) is 25.0. The molecule has 2 heterocycles. The van der Waals surface area contributed by atoms with Gasteiger partial charge in [0.15, 0.2) is 5.78 Å². The summed E-state index contributed by atoms with van der Waals surface area (Å²) in [6.07, 6.45) is -0.338. The predicted molar refractivity (Wildman–Crippen MR) is 134 cm³/mol. The number of nitriles is 1. The molecule has 0 radical (unpaired) electrons. The fourth-order valence-corrected chi connectivity index (χ4v) is 5.23. The van der Waals surface area contributed by atoms with Crippen LogP contribution in [-0.4, -0.2) is 15.3 Å². The van der Waals surface area contributed by atoms with Crippen molar-refractivity contribution in [3.8, 4) is 6.07 Å². The summed E-state index contributed by atoms with van der Waals surface area (Å²) in [7, 11) is 0. The van der Waals surface area contributed by atoms with Crippen molar-refractivity contribution >= 4 is 23.0 Å². The van der Waals surface area contributed by atoms with Gasteiger partial charge in [0, 0.05) is 36.2 Å². The van der Waals surface area contributed by atoms with Gasteiger partial charge in [0.25, 0.3) is 5.69 Å². The smallest absolute Gasteiger partial charge is 0.309 e. The molecule has 3 aromatic rings. The molecule has 1 aromatic heterocycles. The molecular weight excluding hydrogens is 497 g/mol. The number of allylic oxidation sites excluding steroid dienone is 3. The molecular formula is C28H21F3N4O3. The second-order valence-electron chi connectivity index (χ2n) is 9.22. The molecule has 5 rings (SSSR count). The Hall–Kier alpha value is -4.65. The highest BCUT2D eigenvalue weighted by Gasteiger charge is 2.43. The molecule has 38 heavy (non-hydrogen) atoms. The van der Waals surface area contributed by atoms with Crippen LogP contribution in [0.15, 0.2) is 83.8 Å². The van der Waals surface area contributed by atoms with E-state index in [1.54, 1.807) is 53.0 Å². The lowest BCUT2D eigenvalue weighted by Gasteiger charge is -2.41. The molecule has 1 atom stereocenters. The van der Waals surface area contributed by atoms with Crippen LogP contribution < -0.4 is 4.90 Å². The van der Waals surface area contributed by atoms with Crippen molar-refractivity contribution in [3.05, 3.63) is 111 Å². The van der Waals surface area contributed by atoms with E-state index in [1.807, 2.05) is 0 Å². The standard InChI is InChI=1S/C28H21F3N4O3/c1-17-10-11-21(23(14-17)35(37)38)34-22-8-5-9-24(36)26(22)25(18-6-4-7-19(15-18)28(29,30)31)20(16-32)27(34)33-12-2-3-13-33/h2-4,6-7,10-15,25H,5,8-9H2,1H3. The molecule has 2 aliphatic rings. The third-order valence-corrected chi connectivity index (χ3v) is 6.81. The zero-order valence-electron chi connectivity index (χ0n) is 20.2. The summed E-state index contributed by atoms with van der Waals surface area (Å²) in [5, 5.41) is 22.6. The Morgan fingerprint density at radius 3 is 2.47 bits per heavy atom. The van der Waals surface area contributed by atoms with Gasteiger partial charge < -0.3 is 4.57 Å². The van der Waals surface area contributed by atoms with Crippen molar-refractivity contribution in [3.63, 3.8) is 0 Å². The number of nitrogens with zero attached hydrogens (tertiary/aromatic N) is 4. The third kappa shape index (κ3) is 4.16. The van der Waals surface area contributed by atoms with E-state index >= 15 is 0 Å². The Bertz CT molecular complexity index is 1560. The molecule has 10 heteroatoms. The fourth-order valence-electron chi connectivity index (χ4n) is 5.23. The van der Waals surface area contributed by atoms with Crippen molar-refractivity contribution in [2.45, 2.75) is 38.3 Å². The van der Waals surface area contributed by atoms with Gasteiger partial charge in [-0.15, -0.1) is 0 Å². The summed E-state index contributed by atoms with van der Waals surface area (Å²) in [6.45, 7) is 1.72. The molecule has 7 nitrogen and oxygen atoms in total. The summed E-state index contributed by atoms with van der Waals surface area (Å²) < 4.78 is 42.5. The van der Waals surface area contributed by atoms with Crippen molar-refractivity contribution in [1.82, 2.24) is 4.57 Å². The first-order chi connectivity index (χ1) is 18.1. The van der Waals surface area contributed by atoms with E-state index in [0.29, 0.717) is 24.1 Å². The maximum absolute atomic E-state index is 13.6. The normalized spacial score (nSPS) is 17.9. The van der Waals surface area contributed by atoms with Gasteiger partial charge in [-0.3, -0.25) is 19.8 Å². The highest BCUT2D eigenvalue weighted by molar-refractivity contribution is 6.03. The number of rotatable bonds is 4. The maximum Gasteiger partial charge on any atom is 0.416 e. The average Bonchev–Trinajstić information content (AvgIpc) is 3.42. The van der Waals surface area contributed by atoms with Crippen LogP contribution in [-0.2, 0) is 11.0 Å². The van der Waals surface area contributed by atoms with E-state index in [9.17, 15) is 33.3 Å². The topological polar surface area (TPSA) is 92.2 Å².